The van der Waals surface area contributed by atoms with Crippen molar-refractivity contribution < 1.29 is 23.1 Å². The van der Waals surface area contributed by atoms with Gasteiger partial charge in [0.05, 0.1) is 4.90 Å². The van der Waals surface area contributed by atoms with Gasteiger partial charge >= 0.3 is 5.97 Å². The second-order valence-corrected chi connectivity index (χ2v) is 8.66. The molecule has 0 aliphatic carbocycles. The molecule has 8 heteroatoms. The van der Waals surface area contributed by atoms with Crippen molar-refractivity contribution in [1.82, 2.24) is 9.62 Å². The molecule has 0 spiro atoms. The molecule has 0 heterocycles. The van der Waals surface area contributed by atoms with E-state index in [-0.39, 0.29) is 10.5 Å². The summed E-state index contributed by atoms with van der Waals surface area (Å²) in [5, 5.41) is 11.7. The molecular weight excluding hydrogens is 344 g/mol. The Kier molecular flexibility index (Phi) is 6.73. The maximum absolute atomic E-state index is 12.4. The van der Waals surface area contributed by atoms with E-state index in [1.165, 1.54) is 28.6 Å². The average molecular weight is 370 g/mol. The highest BCUT2D eigenvalue weighted by atomic mass is 32.2. The number of nitrogens with one attached hydrogen (secondary N) is 1. The van der Waals surface area contributed by atoms with Crippen molar-refractivity contribution >= 4 is 21.9 Å². The summed E-state index contributed by atoms with van der Waals surface area (Å²) in [6, 6.07) is 4.42. The Hall–Kier alpha value is -1.93. The zero-order valence-corrected chi connectivity index (χ0v) is 16.1. The van der Waals surface area contributed by atoms with Crippen molar-refractivity contribution in [3.8, 4) is 0 Å². The van der Waals surface area contributed by atoms with Gasteiger partial charge in [0.25, 0.3) is 5.91 Å². The second kappa shape index (κ2) is 7.97. The Morgan fingerprint density at radius 1 is 1.12 bits per heavy atom. The number of carboxylic acid groups (broad SMARTS) is 1. The average Bonchev–Trinajstić information content (AvgIpc) is 2.52. The summed E-state index contributed by atoms with van der Waals surface area (Å²) in [6.45, 7) is 9.35. The fourth-order valence-electron chi connectivity index (χ4n) is 2.35. The Bertz CT molecular complexity index is 716. The van der Waals surface area contributed by atoms with E-state index < -0.39 is 33.4 Å². The van der Waals surface area contributed by atoms with E-state index >= 15 is 0 Å². The van der Waals surface area contributed by atoms with Crippen LogP contribution in [0.15, 0.2) is 29.2 Å². The molecule has 2 N–H and O–H groups in total. The van der Waals surface area contributed by atoms with Gasteiger partial charge in [-0.05, 0) is 29.7 Å². The molecule has 7 nitrogen and oxygen atoms in total. The molecule has 0 aliphatic rings. The van der Waals surface area contributed by atoms with Crippen molar-refractivity contribution in [3.05, 3.63) is 29.8 Å². The Labute approximate surface area is 149 Å². The van der Waals surface area contributed by atoms with Crippen LogP contribution in [-0.2, 0) is 14.8 Å². The first-order chi connectivity index (χ1) is 11.4. The molecule has 0 radical (unpaired) electrons. The standard InChI is InChI=1S/C17H26N2O5S/c1-6-19(7-2)25(23,24)13-10-8-12(9-11-13)15(20)18-14(16(21)22)17(3,4)5/h8-11,14H,6-7H2,1-5H3,(H,18,20)(H,21,22)/t14-/m0/s1. The van der Waals surface area contributed by atoms with Gasteiger partial charge in [0.15, 0.2) is 0 Å². The van der Waals surface area contributed by atoms with Crippen molar-refractivity contribution in [2.75, 3.05) is 13.1 Å². The number of benzene rings is 1. The summed E-state index contributed by atoms with van der Waals surface area (Å²) in [5.41, 5.74) is -0.456. The minimum absolute atomic E-state index is 0.0957. The van der Waals surface area contributed by atoms with Crippen LogP contribution in [0.25, 0.3) is 0 Å². The van der Waals surface area contributed by atoms with Crippen LogP contribution in [0.5, 0.6) is 0 Å². The number of hydrogen-bond acceptors (Lipinski definition) is 4. The van der Waals surface area contributed by atoms with Crippen LogP contribution in [-0.4, -0.2) is 48.8 Å². The summed E-state index contributed by atoms with van der Waals surface area (Å²) in [6.07, 6.45) is 0. The van der Waals surface area contributed by atoms with Gasteiger partial charge in [0.1, 0.15) is 6.04 Å². The monoisotopic (exact) mass is 370 g/mol. The van der Waals surface area contributed by atoms with Crippen molar-refractivity contribution in [2.45, 2.75) is 45.6 Å². The third-order valence-corrected chi connectivity index (χ3v) is 5.91. The fraction of sp³-hybridized carbons (Fsp3) is 0.529. The highest BCUT2D eigenvalue weighted by Gasteiger charge is 2.33. The fourth-order valence-corrected chi connectivity index (χ4v) is 3.81. The summed E-state index contributed by atoms with van der Waals surface area (Å²) >= 11 is 0. The third kappa shape index (κ3) is 5.02. The van der Waals surface area contributed by atoms with Crippen LogP contribution in [0.4, 0.5) is 0 Å². The van der Waals surface area contributed by atoms with E-state index in [1.54, 1.807) is 34.6 Å². The smallest absolute Gasteiger partial charge is 0.326 e. The predicted molar refractivity (Wildman–Crippen MR) is 94.9 cm³/mol. The number of carbonyl (C=O) groups excluding carboxylic acids is 1. The molecule has 0 saturated heterocycles. The van der Waals surface area contributed by atoms with Gasteiger partial charge in [-0.25, -0.2) is 13.2 Å². The van der Waals surface area contributed by atoms with E-state index in [0.717, 1.165) is 0 Å². The summed E-state index contributed by atoms with van der Waals surface area (Å²) in [7, 11) is -3.60. The molecule has 140 valence electrons. The molecule has 0 bridgehead atoms. The normalized spacial score (nSPS) is 13.5. The molecule has 1 aromatic carbocycles. The second-order valence-electron chi connectivity index (χ2n) is 6.72. The highest BCUT2D eigenvalue weighted by molar-refractivity contribution is 7.89. The third-order valence-electron chi connectivity index (χ3n) is 3.85. The lowest BCUT2D eigenvalue weighted by molar-refractivity contribution is -0.142. The lowest BCUT2D eigenvalue weighted by Gasteiger charge is -2.27. The molecule has 1 amide bonds. The van der Waals surface area contributed by atoms with Crippen LogP contribution in [0.1, 0.15) is 45.0 Å². The molecular formula is C17H26N2O5S. The molecule has 0 fully saturated rings. The Balaban J connectivity index is 3.03. The first-order valence-electron chi connectivity index (χ1n) is 8.09. The van der Waals surface area contributed by atoms with Gasteiger partial charge in [-0.2, -0.15) is 4.31 Å². The number of hydrogen-bond donors (Lipinski definition) is 2. The largest absolute Gasteiger partial charge is 0.480 e. The highest BCUT2D eigenvalue weighted by Crippen LogP contribution is 2.21. The maximum atomic E-state index is 12.4. The van der Waals surface area contributed by atoms with Gasteiger partial charge in [-0.3, -0.25) is 4.79 Å². The topological polar surface area (TPSA) is 104 Å². The van der Waals surface area contributed by atoms with Crippen LogP contribution < -0.4 is 5.32 Å². The maximum Gasteiger partial charge on any atom is 0.326 e. The number of sulfonamides is 1. The van der Waals surface area contributed by atoms with E-state index in [4.69, 9.17) is 0 Å². The van der Waals surface area contributed by atoms with E-state index in [0.29, 0.717) is 13.1 Å². The van der Waals surface area contributed by atoms with E-state index in [9.17, 15) is 23.1 Å². The number of rotatable bonds is 7. The minimum atomic E-state index is -3.60. The van der Waals surface area contributed by atoms with Crippen LogP contribution in [0.2, 0.25) is 0 Å². The van der Waals surface area contributed by atoms with Gasteiger partial charge in [0.2, 0.25) is 10.0 Å². The van der Waals surface area contributed by atoms with Crippen molar-refractivity contribution in [2.24, 2.45) is 5.41 Å². The van der Waals surface area contributed by atoms with E-state index in [2.05, 4.69) is 5.32 Å². The SMILES string of the molecule is CCN(CC)S(=O)(=O)c1ccc(C(=O)N[C@@H](C(=O)O)C(C)(C)C)cc1. The van der Waals surface area contributed by atoms with Gasteiger partial charge in [-0.15, -0.1) is 0 Å². The van der Waals surface area contributed by atoms with Gasteiger partial charge in [0, 0.05) is 18.7 Å². The molecule has 0 aliphatic heterocycles. The zero-order chi connectivity index (χ0) is 19.4. The molecule has 1 atom stereocenters. The molecule has 0 saturated carbocycles. The molecule has 1 rings (SSSR count). The van der Waals surface area contributed by atoms with Gasteiger partial charge in [-0.1, -0.05) is 34.6 Å². The molecule has 0 aromatic heterocycles. The molecule has 0 unspecified atom stereocenters. The summed E-state index contributed by atoms with van der Waals surface area (Å²) in [4.78, 5) is 23.7. The molecule has 1 aromatic rings. The predicted octanol–water partition coefficient (Wildman–Crippen LogP) is 1.95. The van der Waals surface area contributed by atoms with Crippen LogP contribution >= 0.6 is 0 Å². The summed E-state index contributed by atoms with van der Waals surface area (Å²) < 4.78 is 26.2. The summed E-state index contributed by atoms with van der Waals surface area (Å²) in [5.74, 6) is -1.68. The number of aliphatic carboxylic acids is 1. The number of amides is 1. The van der Waals surface area contributed by atoms with Crippen molar-refractivity contribution in [3.63, 3.8) is 0 Å². The van der Waals surface area contributed by atoms with Crippen LogP contribution in [0, 0.1) is 5.41 Å². The van der Waals surface area contributed by atoms with Crippen molar-refractivity contribution in [1.29, 1.82) is 0 Å². The quantitative estimate of drug-likeness (QED) is 0.763. The minimum Gasteiger partial charge on any atom is -0.480 e. The van der Waals surface area contributed by atoms with E-state index in [1.807, 2.05) is 0 Å². The molecule has 25 heavy (non-hydrogen) atoms. The Morgan fingerprint density at radius 3 is 1.96 bits per heavy atom. The zero-order valence-electron chi connectivity index (χ0n) is 15.2. The first kappa shape index (κ1) is 21.1. The van der Waals surface area contributed by atoms with Crippen LogP contribution in [0.3, 0.4) is 0 Å². The number of carboxylic acids is 1. The Morgan fingerprint density at radius 2 is 1.60 bits per heavy atom. The first-order valence-corrected chi connectivity index (χ1v) is 9.53. The number of nitrogens with zero attached hydrogens (tertiary/aromatic N) is 1. The lowest BCUT2D eigenvalue weighted by atomic mass is 9.86. The van der Waals surface area contributed by atoms with Gasteiger partial charge < -0.3 is 10.4 Å². The lowest BCUT2D eigenvalue weighted by Crippen LogP contribution is -2.49. The number of carbonyl (C=O) groups is 2.